The molecule has 3 amide bonds. The van der Waals surface area contributed by atoms with Crippen molar-refractivity contribution in [3.05, 3.63) is 23.8 Å². The van der Waals surface area contributed by atoms with Gasteiger partial charge in [0.25, 0.3) is 0 Å². The van der Waals surface area contributed by atoms with E-state index in [1.165, 1.54) is 12.8 Å². The van der Waals surface area contributed by atoms with Crippen molar-refractivity contribution in [2.45, 2.75) is 44.9 Å². The second-order valence-corrected chi connectivity index (χ2v) is 8.77. The van der Waals surface area contributed by atoms with E-state index in [9.17, 15) is 14.4 Å². The number of hydrogen-bond donors (Lipinski definition) is 1. The Kier molecular flexibility index (Phi) is 4.37. The maximum atomic E-state index is 12.6. The van der Waals surface area contributed by atoms with E-state index in [4.69, 9.17) is 0 Å². The quantitative estimate of drug-likeness (QED) is 0.851. The summed E-state index contributed by atoms with van der Waals surface area (Å²) in [6.45, 7) is 1.92. The minimum absolute atomic E-state index is 0.00109. The van der Waals surface area contributed by atoms with E-state index in [0.717, 1.165) is 55.7 Å². The van der Waals surface area contributed by atoms with Crippen LogP contribution in [0, 0.1) is 17.8 Å². The lowest BCUT2D eigenvalue weighted by atomic mass is 9.84. The van der Waals surface area contributed by atoms with Crippen LogP contribution in [0.4, 0.5) is 11.4 Å². The smallest absolute Gasteiger partial charge is 0.230 e. The number of fused-ring (bicyclic) bond motifs is 1. The molecule has 2 aliphatic heterocycles. The lowest BCUT2D eigenvalue weighted by Crippen LogP contribution is -2.37. The zero-order valence-corrected chi connectivity index (χ0v) is 16.2. The molecule has 5 rings (SSSR count). The molecular weight excluding hydrogens is 354 g/mol. The maximum absolute atomic E-state index is 12.6. The molecule has 6 nitrogen and oxygen atoms in total. The van der Waals surface area contributed by atoms with E-state index in [1.807, 2.05) is 23.1 Å². The van der Waals surface area contributed by atoms with Crippen molar-refractivity contribution in [1.82, 2.24) is 5.32 Å². The van der Waals surface area contributed by atoms with Crippen LogP contribution in [-0.2, 0) is 20.8 Å². The molecule has 0 unspecified atom stereocenters. The molecule has 0 spiro atoms. The van der Waals surface area contributed by atoms with Gasteiger partial charge in [-0.1, -0.05) is 6.42 Å². The number of nitrogens with one attached hydrogen (secondary N) is 1. The van der Waals surface area contributed by atoms with Crippen LogP contribution in [0.15, 0.2) is 18.2 Å². The second kappa shape index (κ2) is 6.90. The van der Waals surface area contributed by atoms with Crippen LogP contribution in [0.1, 0.15) is 44.1 Å². The Bertz CT molecular complexity index is 828. The summed E-state index contributed by atoms with van der Waals surface area (Å²) in [6, 6.07) is 5.93. The predicted octanol–water partition coefficient (Wildman–Crippen LogP) is 2.25. The average molecular weight is 381 g/mol. The molecule has 3 fully saturated rings. The molecule has 1 aromatic rings. The maximum Gasteiger partial charge on any atom is 0.230 e. The summed E-state index contributed by atoms with van der Waals surface area (Å²) in [5, 5.41) is 3.00. The fraction of sp³-hybridized carbons (Fsp3) is 0.591. The number of carbonyl (C=O) groups is 3. The highest BCUT2D eigenvalue weighted by Gasteiger charge is 2.37. The van der Waals surface area contributed by atoms with Gasteiger partial charge in [0.2, 0.25) is 17.7 Å². The molecule has 1 aromatic carbocycles. The zero-order valence-electron chi connectivity index (χ0n) is 16.2. The Morgan fingerprint density at radius 1 is 1.11 bits per heavy atom. The summed E-state index contributed by atoms with van der Waals surface area (Å²) in [6.07, 6.45) is 6.68. The Labute approximate surface area is 165 Å². The molecule has 2 saturated carbocycles. The van der Waals surface area contributed by atoms with Gasteiger partial charge in [0.1, 0.15) is 0 Å². The van der Waals surface area contributed by atoms with Crippen LogP contribution in [-0.4, -0.2) is 37.4 Å². The average Bonchev–Trinajstić information content (AvgIpc) is 3.25. The molecule has 0 aromatic heterocycles. The number of rotatable bonds is 5. The van der Waals surface area contributed by atoms with Crippen LogP contribution in [0.5, 0.6) is 0 Å². The number of hydrogen-bond acceptors (Lipinski definition) is 3. The Morgan fingerprint density at radius 3 is 2.64 bits per heavy atom. The molecule has 1 N–H and O–H groups in total. The molecule has 2 heterocycles. The fourth-order valence-corrected chi connectivity index (χ4v) is 4.50. The van der Waals surface area contributed by atoms with Crippen LogP contribution in [0.3, 0.4) is 0 Å². The molecule has 148 valence electrons. The first-order chi connectivity index (χ1) is 13.6. The number of amides is 3. The lowest BCUT2D eigenvalue weighted by Gasteiger charge is -2.29. The molecule has 1 atom stereocenters. The first-order valence-electron chi connectivity index (χ1n) is 10.6. The third kappa shape index (κ3) is 3.19. The molecule has 1 saturated heterocycles. The van der Waals surface area contributed by atoms with Crippen LogP contribution in [0.2, 0.25) is 0 Å². The highest BCUT2D eigenvalue weighted by molar-refractivity contribution is 6.01. The standard InChI is InChI=1S/C22H27N3O3/c26-20-11-17(21(27)23-12-14-4-5-14)13-25(20)18-6-7-19-16(10-18)8-9-24(19)22(28)15-2-1-3-15/h6-7,10,14-15,17H,1-5,8-9,11-13H2,(H,23,27)/t17-/m0/s1. The highest BCUT2D eigenvalue weighted by atomic mass is 16.2. The molecule has 6 heteroatoms. The minimum atomic E-state index is -0.267. The van der Waals surface area contributed by atoms with E-state index in [0.29, 0.717) is 12.5 Å². The fourth-order valence-electron chi connectivity index (χ4n) is 4.50. The van der Waals surface area contributed by atoms with Gasteiger partial charge in [-0.05, 0) is 61.8 Å². The molecular formula is C22H27N3O3. The number of benzene rings is 1. The molecule has 4 aliphatic rings. The van der Waals surface area contributed by atoms with E-state index < -0.39 is 0 Å². The highest BCUT2D eigenvalue weighted by Crippen LogP contribution is 2.37. The van der Waals surface area contributed by atoms with Gasteiger partial charge in [-0.25, -0.2) is 0 Å². The third-order valence-corrected chi connectivity index (χ3v) is 6.75. The Morgan fingerprint density at radius 2 is 1.93 bits per heavy atom. The molecule has 2 aliphatic carbocycles. The minimum Gasteiger partial charge on any atom is -0.356 e. The Balaban J connectivity index is 1.27. The number of nitrogens with zero attached hydrogens (tertiary/aromatic N) is 2. The third-order valence-electron chi connectivity index (χ3n) is 6.75. The van der Waals surface area contributed by atoms with Gasteiger partial charge in [0.05, 0.1) is 5.92 Å². The number of carbonyl (C=O) groups excluding carboxylic acids is 3. The summed E-state index contributed by atoms with van der Waals surface area (Å²) < 4.78 is 0. The Hall–Kier alpha value is -2.37. The normalized spacial score (nSPS) is 24.3. The lowest BCUT2D eigenvalue weighted by molar-refractivity contribution is -0.126. The van der Waals surface area contributed by atoms with Crippen molar-refractivity contribution < 1.29 is 14.4 Å². The molecule has 0 bridgehead atoms. The van der Waals surface area contributed by atoms with Gasteiger partial charge >= 0.3 is 0 Å². The van der Waals surface area contributed by atoms with Crippen molar-refractivity contribution in [3.8, 4) is 0 Å². The zero-order chi connectivity index (χ0) is 19.3. The summed E-state index contributed by atoms with van der Waals surface area (Å²) in [7, 11) is 0. The topological polar surface area (TPSA) is 69.7 Å². The van der Waals surface area contributed by atoms with E-state index >= 15 is 0 Å². The molecule has 0 radical (unpaired) electrons. The largest absolute Gasteiger partial charge is 0.356 e. The summed E-state index contributed by atoms with van der Waals surface area (Å²) in [5.41, 5.74) is 2.96. The van der Waals surface area contributed by atoms with E-state index in [-0.39, 0.29) is 36.0 Å². The van der Waals surface area contributed by atoms with Crippen molar-refractivity contribution >= 4 is 29.1 Å². The molecule has 28 heavy (non-hydrogen) atoms. The van der Waals surface area contributed by atoms with Crippen molar-refractivity contribution in [1.29, 1.82) is 0 Å². The van der Waals surface area contributed by atoms with Crippen molar-refractivity contribution in [2.24, 2.45) is 17.8 Å². The SMILES string of the molecule is O=C(NCC1CC1)[C@H]1CC(=O)N(c2ccc3c(c2)CCN3C(=O)C2CCC2)C1. The van der Waals surface area contributed by atoms with Gasteiger partial charge in [-0.2, -0.15) is 0 Å². The van der Waals surface area contributed by atoms with Crippen molar-refractivity contribution in [2.75, 3.05) is 29.4 Å². The van der Waals surface area contributed by atoms with Crippen LogP contribution in [0.25, 0.3) is 0 Å². The van der Waals surface area contributed by atoms with Crippen LogP contribution >= 0.6 is 0 Å². The summed E-state index contributed by atoms with van der Waals surface area (Å²) >= 11 is 0. The van der Waals surface area contributed by atoms with E-state index in [1.54, 1.807) is 4.90 Å². The second-order valence-electron chi connectivity index (χ2n) is 8.77. The van der Waals surface area contributed by atoms with E-state index in [2.05, 4.69) is 5.32 Å². The first-order valence-corrected chi connectivity index (χ1v) is 10.6. The van der Waals surface area contributed by atoms with Gasteiger partial charge in [0, 0.05) is 43.3 Å². The van der Waals surface area contributed by atoms with Gasteiger partial charge in [-0.3, -0.25) is 14.4 Å². The predicted molar refractivity (Wildman–Crippen MR) is 106 cm³/mol. The first kappa shape index (κ1) is 17.7. The van der Waals surface area contributed by atoms with Gasteiger partial charge in [-0.15, -0.1) is 0 Å². The van der Waals surface area contributed by atoms with Crippen molar-refractivity contribution in [3.63, 3.8) is 0 Å². The van der Waals surface area contributed by atoms with Gasteiger partial charge < -0.3 is 15.1 Å². The summed E-state index contributed by atoms with van der Waals surface area (Å²) in [4.78, 5) is 41.2. The van der Waals surface area contributed by atoms with Gasteiger partial charge in [0.15, 0.2) is 0 Å². The number of anilines is 2. The van der Waals surface area contributed by atoms with Crippen LogP contribution < -0.4 is 15.1 Å². The monoisotopic (exact) mass is 381 g/mol. The summed E-state index contributed by atoms with van der Waals surface area (Å²) in [5.74, 6) is 0.826.